The largest absolute Gasteiger partial charge is 0.384 e. The Morgan fingerprint density at radius 1 is 0.903 bits per heavy atom. The number of anilines is 1. The summed E-state index contributed by atoms with van der Waals surface area (Å²) in [7, 11) is 0. The Balaban J connectivity index is 1.20. The van der Waals surface area contributed by atoms with Gasteiger partial charge in [-0.15, -0.1) is 0 Å². The third-order valence-corrected chi connectivity index (χ3v) is 5.97. The zero-order valence-electron chi connectivity index (χ0n) is 17.9. The van der Waals surface area contributed by atoms with E-state index < -0.39 is 0 Å². The van der Waals surface area contributed by atoms with Crippen LogP contribution in [0.25, 0.3) is 10.9 Å². The molecular weight excluding hydrogens is 389 g/mol. The molecule has 0 bridgehead atoms. The average Bonchev–Trinajstić information content (AvgIpc) is 2.80. The van der Waals surface area contributed by atoms with Crippen molar-refractivity contribution in [1.82, 2.24) is 10.3 Å². The van der Waals surface area contributed by atoms with Crippen LogP contribution < -0.4 is 10.6 Å². The molecule has 0 aliphatic heterocycles. The maximum Gasteiger partial charge on any atom is 0.251 e. The van der Waals surface area contributed by atoms with Crippen LogP contribution in [0.2, 0.25) is 0 Å². The molecule has 162 valence electrons. The molecule has 31 heavy (non-hydrogen) atoms. The lowest BCUT2D eigenvalue weighted by molar-refractivity contribution is 0.0953. The Morgan fingerprint density at radius 3 is 2.48 bits per heavy atom. The van der Waals surface area contributed by atoms with Crippen LogP contribution >= 0.6 is 0 Å². The van der Waals surface area contributed by atoms with E-state index in [-0.39, 0.29) is 11.7 Å². The van der Waals surface area contributed by atoms with Crippen LogP contribution in [0.4, 0.5) is 10.1 Å². The van der Waals surface area contributed by atoms with Gasteiger partial charge in [-0.2, -0.15) is 0 Å². The number of rotatable bonds is 9. The van der Waals surface area contributed by atoms with Crippen molar-refractivity contribution in [3.63, 3.8) is 0 Å². The Morgan fingerprint density at radius 2 is 1.65 bits per heavy atom. The molecule has 0 atom stereocenters. The van der Waals surface area contributed by atoms with Crippen molar-refractivity contribution < 1.29 is 9.18 Å². The maximum atomic E-state index is 12.9. The molecular formula is C26H30FN3O. The number of benzene rings is 2. The minimum Gasteiger partial charge on any atom is -0.384 e. The molecule has 1 aliphatic carbocycles. The summed E-state index contributed by atoms with van der Waals surface area (Å²) in [4.78, 5) is 16.9. The minimum absolute atomic E-state index is 0.143. The van der Waals surface area contributed by atoms with Crippen molar-refractivity contribution in [1.29, 1.82) is 0 Å². The molecule has 4 nitrogen and oxygen atoms in total. The number of carbonyl (C=O) groups excluding carboxylic acids is 1. The number of para-hydroxylation sites is 1. The summed E-state index contributed by atoms with van der Waals surface area (Å²) < 4.78 is 12.9. The summed E-state index contributed by atoms with van der Waals surface area (Å²) >= 11 is 0. The van der Waals surface area contributed by atoms with E-state index in [1.54, 1.807) is 0 Å². The van der Waals surface area contributed by atoms with Crippen molar-refractivity contribution >= 4 is 22.5 Å². The number of fused-ring (bicyclic) bond motifs is 2. The van der Waals surface area contributed by atoms with Gasteiger partial charge in [-0.05, 0) is 74.4 Å². The summed E-state index contributed by atoms with van der Waals surface area (Å²) in [5.41, 5.74) is 5.55. The number of aryl methyl sites for hydroxylation is 1. The van der Waals surface area contributed by atoms with Crippen LogP contribution in [0, 0.1) is 5.82 Å². The topological polar surface area (TPSA) is 54.0 Å². The van der Waals surface area contributed by atoms with Gasteiger partial charge in [0.25, 0.3) is 5.91 Å². The first-order chi connectivity index (χ1) is 15.2. The second-order valence-corrected chi connectivity index (χ2v) is 8.24. The number of nitrogens with one attached hydrogen (secondary N) is 2. The first kappa shape index (κ1) is 21.3. The SMILES string of the molecule is O=C(NCCCCCCNc1c2c(nc3ccccc13)CCCC2)c1ccc(F)cc1. The van der Waals surface area contributed by atoms with Crippen LogP contribution in [0.15, 0.2) is 48.5 Å². The van der Waals surface area contributed by atoms with Crippen molar-refractivity contribution in [3.8, 4) is 0 Å². The first-order valence-electron chi connectivity index (χ1n) is 11.4. The van der Waals surface area contributed by atoms with E-state index >= 15 is 0 Å². The standard InChI is InChI=1S/C26H30FN3O/c27-20-15-13-19(14-16-20)26(31)29-18-8-2-1-7-17-28-25-21-9-3-5-11-23(21)30-24-12-6-4-10-22(24)25/h3,5,9,11,13-16H,1-2,4,6-8,10,12,17-18H2,(H,28,30)(H,29,31). The third-order valence-electron chi connectivity index (χ3n) is 5.97. The van der Waals surface area contributed by atoms with Crippen LogP contribution in [0.1, 0.15) is 60.1 Å². The Labute approximate surface area is 183 Å². The second-order valence-electron chi connectivity index (χ2n) is 8.24. The van der Waals surface area contributed by atoms with E-state index in [1.165, 1.54) is 59.4 Å². The highest BCUT2D eigenvalue weighted by molar-refractivity contribution is 5.94. The summed E-state index contributed by atoms with van der Waals surface area (Å²) in [5.74, 6) is -0.471. The lowest BCUT2D eigenvalue weighted by Gasteiger charge is -2.21. The number of hydrogen-bond donors (Lipinski definition) is 2. The average molecular weight is 420 g/mol. The van der Waals surface area contributed by atoms with Gasteiger partial charge in [-0.25, -0.2) is 4.39 Å². The smallest absolute Gasteiger partial charge is 0.251 e. The molecule has 1 heterocycles. The summed E-state index contributed by atoms with van der Waals surface area (Å²) in [6, 6.07) is 14.1. The number of halogens is 1. The molecule has 1 aliphatic rings. The Hall–Kier alpha value is -2.95. The van der Waals surface area contributed by atoms with Gasteiger partial charge in [-0.1, -0.05) is 31.0 Å². The number of aromatic nitrogens is 1. The number of carbonyl (C=O) groups is 1. The Kier molecular flexibility index (Phi) is 7.13. The fourth-order valence-electron chi connectivity index (χ4n) is 4.30. The normalized spacial score (nSPS) is 13.1. The predicted molar refractivity (Wildman–Crippen MR) is 124 cm³/mol. The highest BCUT2D eigenvalue weighted by atomic mass is 19.1. The maximum absolute atomic E-state index is 12.9. The van der Waals surface area contributed by atoms with Crippen LogP contribution in [0.3, 0.4) is 0 Å². The second kappa shape index (κ2) is 10.4. The Bertz CT molecular complexity index is 1030. The van der Waals surface area contributed by atoms with E-state index in [4.69, 9.17) is 4.98 Å². The highest BCUT2D eigenvalue weighted by Gasteiger charge is 2.17. The van der Waals surface area contributed by atoms with E-state index in [2.05, 4.69) is 34.9 Å². The van der Waals surface area contributed by atoms with Crippen LogP contribution in [-0.4, -0.2) is 24.0 Å². The summed E-state index contributed by atoms with van der Waals surface area (Å²) in [6.45, 7) is 1.59. The van der Waals surface area contributed by atoms with Gasteiger partial charge >= 0.3 is 0 Å². The molecule has 0 radical (unpaired) electrons. The van der Waals surface area contributed by atoms with Crippen molar-refractivity contribution in [2.45, 2.75) is 51.4 Å². The lowest BCUT2D eigenvalue weighted by Crippen LogP contribution is -2.24. The van der Waals surface area contributed by atoms with E-state index in [9.17, 15) is 9.18 Å². The molecule has 0 spiro atoms. The molecule has 1 aromatic heterocycles. The molecule has 1 amide bonds. The van der Waals surface area contributed by atoms with Crippen molar-refractivity contribution in [2.24, 2.45) is 0 Å². The van der Waals surface area contributed by atoms with Gasteiger partial charge < -0.3 is 10.6 Å². The highest BCUT2D eigenvalue weighted by Crippen LogP contribution is 2.33. The van der Waals surface area contributed by atoms with E-state index in [1.807, 2.05) is 0 Å². The number of nitrogens with zero attached hydrogens (tertiary/aromatic N) is 1. The summed E-state index contributed by atoms with van der Waals surface area (Å²) in [6.07, 6.45) is 8.89. The lowest BCUT2D eigenvalue weighted by atomic mass is 9.92. The zero-order chi connectivity index (χ0) is 21.5. The first-order valence-corrected chi connectivity index (χ1v) is 11.4. The molecule has 4 rings (SSSR count). The number of hydrogen-bond acceptors (Lipinski definition) is 3. The summed E-state index contributed by atoms with van der Waals surface area (Å²) in [5, 5.41) is 7.84. The molecule has 0 unspecified atom stereocenters. The number of pyridine rings is 1. The molecule has 3 aromatic rings. The van der Waals surface area contributed by atoms with Crippen molar-refractivity contribution in [3.05, 3.63) is 71.2 Å². The third kappa shape index (κ3) is 5.40. The fraction of sp³-hybridized carbons (Fsp3) is 0.385. The fourth-order valence-corrected chi connectivity index (χ4v) is 4.30. The minimum atomic E-state index is -0.328. The number of amides is 1. The van der Waals surface area contributed by atoms with Gasteiger partial charge in [0.1, 0.15) is 5.82 Å². The molecule has 2 N–H and O–H groups in total. The zero-order valence-corrected chi connectivity index (χ0v) is 17.9. The van der Waals surface area contributed by atoms with E-state index in [0.717, 1.165) is 50.6 Å². The van der Waals surface area contributed by atoms with E-state index in [0.29, 0.717) is 12.1 Å². The number of unbranched alkanes of at least 4 members (excludes halogenated alkanes) is 3. The van der Waals surface area contributed by atoms with Crippen LogP contribution in [-0.2, 0) is 12.8 Å². The quantitative estimate of drug-likeness (QED) is 0.440. The van der Waals surface area contributed by atoms with Gasteiger partial charge in [0.15, 0.2) is 0 Å². The molecule has 5 heteroatoms. The van der Waals surface area contributed by atoms with Crippen LogP contribution in [0.5, 0.6) is 0 Å². The van der Waals surface area contributed by atoms with Gasteiger partial charge in [0.2, 0.25) is 0 Å². The monoisotopic (exact) mass is 419 g/mol. The predicted octanol–water partition coefficient (Wildman–Crippen LogP) is 5.66. The molecule has 0 saturated carbocycles. The van der Waals surface area contributed by atoms with Crippen molar-refractivity contribution in [2.75, 3.05) is 18.4 Å². The van der Waals surface area contributed by atoms with Gasteiger partial charge in [0.05, 0.1) is 5.52 Å². The van der Waals surface area contributed by atoms with Gasteiger partial charge in [0, 0.05) is 35.4 Å². The van der Waals surface area contributed by atoms with Gasteiger partial charge in [-0.3, -0.25) is 9.78 Å². The molecule has 0 saturated heterocycles. The molecule has 0 fully saturated rings. The molecule has 2 aromatic carbocycles.